The van der Waals surface area contributed by atoms with Gasteiger partial charge >= 0.3 is 6.01 Å². The number of aromatic nitrogens is 2. The Hall–Kier alpha value is -2.47. The number of nitrogens with zero attached hydrogens (tertiary/aromatic N) is 3. The van der Waals surface area contributed by atoms with Gasteiger partial charge in [-0.3, -0.25) is 4.79 Å². The summed E-state index contributed by atoms with van der Waals surface area (Å²) in [5.74, 6) is 0.573. The van der Waals surface area contributed by atoms with Crippen LogP contribution in [0.2, 0.25) is 0 Å². The van der Waals surface area contributed by atoms with E-state index in [-0.39, 0.29) is 12.5 Å². The second kappa shape index (κ2) is 8.07. The van der Waals surface area contributed by atoms with E-state index in [4.69, 9.17) is 4.74 Å². The Kier molecular flexibility index (Phi) is 5.60. The van der Waals surface area contributed by atoms with Crippen LogP contribution in [0.5, 0.6) is 6.01 Å². The average molecular weight is 341 g/mol. The highest BCUT2D eigenvalue weighted by molar-refractivity contribution is 5.73. The molecule has 0 spiro atoms. The van der Waals surface area contributed by atoms with Crippen molar-refractivity contribution in [1.29, 1.82) is 0 Å². The van der Waals surface area contributed by atoms with E-state index >= 15 is 0 Å². The molecule has 0 saturated carbocycles. The molecule has 1 aliphatic heterocycles. The van der Waals surface area contributed by atoms with Crippen LogP contribution in [0.15, 0.2) is 36.7 Å². The van der Waals surface area contributed by atoms with Gasteiger partial charge < -0.3 is 14.7 Å². The van der Waals surface area contributed by atoms with Gasteiger partial charge in [-0.2, -0.15) is 0 Å². The van der Waals surface area contributed by atoms with Crippen LogP contribution in [-0.2, 0) is 11.4 Å². The molecule has 6 heteroatoms. The lowest BCUT2D eigenvalue weighted by Gasteiger charge is -2.30. The zero-order valence-electron chi connectivity index (χ0n) is 14.4. The van der Waals surface area contributed by atoms with Crippen LogP contribution in [0, 0.1) is 5.92 Å². The largest absolute Gasteiger partial charge is 0.463 e. The molecule has 0 bridgehead atoms. The van der Waals surface area contributed by atoms with Crippen molar-refractivity contribution in [3.63, 3.8) is 0 Å². The summed E-state index contributed by atoms with van der Waals surface area (Å²) < 4.78 is 5.71. The normalized spacial score (nSPS) is 15.2. The molecule has 1 aromatic heterocycles. The number of carbonyl (C=O) groups excluding carboxylic acids is 1. The van der Waals surface area contributed by atoms with Crippen LogP contribution in [0.1, 0.15) is 25.3 Å². The van der Waals surface area contributed by atoms with Gasteiger partial charge in [0, 0.05) is 38.0 Å². The first-order valence-corrected chi connectivity index (χ1v) is 8.56. The first-order valence-electron chi connectivity index (χ1n) is 8.56. The highest BCUT2D eigenvalue weighted by Crippen LogP contribution is 2.21. The number of aliphatic hydroxyl groups excluding tert-OH is 1. The van der Waals surface area contributed by atoms with Gasteiger partial charge in [0.25, 0.3) is 0 Å². The molecule has 1 fully saturated rings. The molecule has 1 N–H and O–H groups in total. The lowest BCUT2D eigenvalue weighted by Crippen LogP contribution is -2.38. The molecule has 2 heterocycles. The number of amides is 1. The number of ether oxygens (including phenoxy) is 1. The van der Waals surface area contributed by atoms with Gasteiger partial charge in [-0.05, 0) is 36.0 Å². The smallest absolute Gasteiger partial charge is 0.316 e. The molecule has 0 unspecified atom stereocenters. The second-order valence-corrected chi connectivity index (χ2v) is 6.37. The number of hydrogen-bond donors (Lipinski definition) is 1. The van der Waals surface area contributed by atoms with Crippen molar-refractivity contribution < 1.29 is 14.6 Å². The monoisotopic (exact) mass is 341 g/mol. The molecule has 1 amide bonds. The number of likely N-dealkylation sites (tertiary alicyclic amines) is 1. The molecule has 1 aromatic carbocycles. The molecule has 1 aliphatic rings. The van der Waals surface area contributed by atoms with Gasteiger partial charge in [-0.25, -0.2) is 9.97 Å². The predicted octanol–water partition coefficient (Wildman–Crippen LogP) is 2.27. The first-order chi connectivity index (χ1) is 12.2. The van der Waals surface area contributed by atoms with Crippen molar-refractivity contribution >= 4 is 5.91 Å². The fourth-order valence-corrected chi connectivity index (χ4v) is 3.00. The fourth-order valence-electron chi connectivity index (χ4n) is 3.00. The molecule has 132 valence electrons. The Labute approximate surface area is 147 Å². The molecule has 0 atom stereocenters. The Bertz CT molecular complexity index is 710. The second-order valence-electron chi connectivity index (χ2n) is 6.37. The molecule has 2 aromatic rings. The summed E-state index contributed by atoms with van der Waals surface area (Å²) >= 11 is 0. The van der Waals surface area contributed by atoms with Gasteiger partial charge in [0.05, 0.1) is 13.2 Å². The van der Waals surface area contributed by atoms with Crippen molar-refractivity contribution in [2.24, 2.45) is 5.92 Å². The van der Waals surface area contributed by atoms with E-state index in [0.29, 0.717) is 18.5 Å². The zero-order chi connectivity index (χ0) is 17.6. The quantitative estimate of drug-likeness (QED) is 0.903. The van der Waals surface area contributed by atoms with Crippen LogP contribution in [0.25, 0.3) is 11.1 Å². The minimum atomic E-state index is 0.0122. The van der Waals surface area contributed by atoms with Gasteiger partial charge in [0.1, 0.15) is 0 Å². The van der Waals surface area contributed by atoms with Crippen molar-refractivity contribution in [3.05, 3.63) is 42.2 Å². The minimum Gasteiger partial charge on any atom is -0.463 e. The Balaban J connectivity index is 1.54. The summed E-state index contributed by atoms with van der Waals surface area (Å²) in [6.07, 6.45) is 5.37. The lowest BCUT2D eigenvalue weighted by molar-refractivity contribution is -0.130. The molecule has 0 aliphatic carbocycles. The number of hydrogen-bond acceptors (Lipinski definition) is 5. The molecule has 0 radical (unpaired) electrons. The standard InChI is InChI=1S/C19H23N3O3/c1-14(24)22-7-5-15(6-8-22)13-25-19-20-10-18(11-21-19)17-4-2-3-16(9-17)12-23/h2-4,9-11,15,23H,5-8,12-13H2,1H3. The summed E-state index contributed by atoms with van der Waals surface area (Å²) in [7, 11) is 0. The molecule has 1 saturated heterocycles. The van der Waals surface area contributed by atoms with Crippen LogP contribution in [-0.4, -0.2) is 45.6 Å². The maximum Gasteiger partial charge on any atom is 0.316 e. The third-order valence-corrected chi connectivity index (χ3v) is 4.58. The zero-order valence-corrected chi connectivity index (χ0v) is 14.4. The Morgan fingerprint density at radius 1 is 1.24 bits per heavy atom. The van der Waals surface area contributed by atoms with Crippen LogP contribution in [0.3, 0.4) is 0 Å². The van der Waals surface area contributed by atoms with Gasteiger partial charge in [0.2, 0.25) is 5.91 Å². The Morgan fingerprint density at radius 2 is 1.96 bits per heavy atom. The summed E-state index contributed by atoms with van der Waals surface area (Å²) in [4.78, 5) is 21.8. The van der Waals surface area contributed by atoms with E-state index in [1.165, 1.54) is 0 Å². The summed E-state index contributed by atoms with van der Waals surface area (Å²) in [6, 6.07) is 8.03. The van der Waals surface area contributed by atoms with E-state index in [1.54, 1.807) is 19.3 Å². The van der Waals surface area contributed by atoms with Crippen LogP contribution < -0.4 is 4.74 Å². The SMILES string of the molecule is CC(=O)N1CCC(COc2ncc(-c3cccc(CO)c3)cn2)CC1. The van der Waals surface area contributed by atoms with Crippen molar-refractivity contribution in [3.8, 4) is 17.1 Å². The third kappa shape index (κ3) is 4.54. The summed E-state index contributed by atoms with van der Waals surface area (Å²) in [6.45, 7) is 3.79. The Morgan fingerprint density at radius 3 is 2.60 bits per heavy atom. The molecular formula is C19H23N3O3. The number of aliphatic hydroxyl groups is 1. The molecule has 25 heavy (non-hydrogen) atoms. The van der Waals surface area contributed by atoms with E-state index in [0.717, 1.165) is 42.6 Å². The van der Waals surface area contributed by atoms with E-state index in [1.807, 2.05) is 29.2 Å². The minimum absolute atomic E-state index is 0.0122. The van der Waals surface area contributed by atoms with Gasteiger partial charge in [-0.1, -0.05) is 18.2 Å². The molecule has 3 rings (SSSR count). The topological polar surface area (TPSA) is 75.6 Å². The predicted molar refractivity (Wildman–Crippen MR) is 93.9 cm³/mol. The van der Waals surface area contributed by atoms with Gasteiger partial charge in [-0.15, -0.1) is 0 Å². The number of benzene rings is 1. The van der Waals surface area contributed by atoms with Crippen LogP contribution in [0.4, 0.5) is 0 Å². The number of carbonyl (C=O) groups is 1. The van der Waals surface area contributed by atoms with E-state index < -0.39 is 0 Å². The maximum atomic E-state index is 11.3. The average Bonchev–Trinajstić information content (AvgIpc) is 2.67. The maximum absolute atomic E-state index is 11.3. The summed E-state index contributed by atoms with van der Waals surface area (Å²) in [5.41, 5.74) is 2.71. The van der Waals surface area contributed by atoms with Gasteiger partial charge in [0.15, 0.2) is 0 Å². The molecular weight excluding hydrogens is 318 g/mol. The highest BCUT2D eigenvalue weighted by Gasteiger charge is 2.21. The number of rotatable bonds is 5. The van der Waals surface area contributed by atoms with Crippen molar-refractivity contribution in [2.75, 3.05) is 19.7 Å². The van der Waals surface area contributed by atoms with E-state index in [2.05, 4.69) is 9.97 Å². The fraction of sp³-hybridized carbons (Fsp3) is 0.421. The highest BCUT2D eigenvalue weighted by atomic mass is 16.5. The first kappa shape index (κ1) is 17.4. The van der Waals surface area contributed by atoms with Crippen LogP contribution >= 0.6 is 0 Å². The third-order valence-electron chi connectivity index (χ3n) is 4.58. The van der Waals surface area contributed by atoms with Crippen molar-refractivity contribution in [2.45, 2.75) is 26.4 Å². The summed E-state index contributed by atoms with van der Waals surface area (Å²) in [5, 5.41) is 9.22. The lowest BCUT2D eigenvalue weighted by atomic mass is 9.98. The molecule has 6 nitrogen and oxygen atoms in total. The van der Waals surface area contributed by atoms with E-state index in [9.17, 15) is 9.90 Å². The van der Waals surface area contributed by atoms with Crippen molar-refractivity contribution in [1.82, 2.24) is 14.9 Å². The number of piperidine rings is 1.